The van der Waals surface area contributed by atoms with Gasteiger partial charge in [-0.05, 0) is 65.3 Å². The van der Waals surface area contributed by atoms with Crippen LogP contribution in [-0.4, -0.2) is 0 Å². The molecule has 0 aliphatic carbocycles. The van der Waals surface area contributed by atoms with Gasteiger partial charge in [-0.3, -0.25) is 0 Å². The second-order valence-electron chi connectivity index (χ2n) is 5.76. The third kappa shape index (κ3) is 3.07. The molecule has 0 radical (unpaired) electrons. The Hall–Kier alpha value is -2.06. The molecule has 116 valence electrons. The second-order valence-corrected chi connectivity index (χ2v) is 5.76. The van der Waals surface area contributed by atoms with Crippen LogP contribution in [0.25, 0.3) is 5.70 Å². The third-order valence-corrected chi connectivity index (χ3v) is 4.19. The molecule has 0 spiro atoms. The van der Waals surface area contributed by atoms with Gasteiger partial charge in [0, 0.05) is 24.0 Å². The van der Waals surface area contributed by atoms with Gasteiger partial charge in [-0.1, -0.05) is 33.1 Å². The minimum Gasteiger partial charge on any atom is -0.361 e. The Morgan fingerprint density at radius 1 is 1.14 bits per heavy atom. The molecular weight excluding hydrogens is 268 g/mol. The van der Waals surface area contributed by atoms with E-state index in [-0.39, 0.29) is 0 Å². The van der Waals surface area contributed by atoms with Crippen LogP contribution in [0, 0.1) is 0 Å². The van der Waals surface area contributed by atoms with E-state index in [0.29, 0.717) is 6.54 Å². The lowest BCUT2D eigenvalue weighted by Gasteiger charge is -2.21. The van der Waals surface area contributed by atoms with Crippen LogP contribution in [0.3, 0.4) is 0 Å². The van der Waals surface area contributed by atoms with Crippen molar-refractivity contribution < 1.29 is 0 Å². The van der Waals surface area contributed by atoms with E-state index in [1.807, 2.05) is 13.1 Å². The topological polar surface area (TPSA) is 38.0 Å². The summed E-state index contributed by atoms with van der Waals surface area (Å²) in [4.78, 5) is 0. The normalized spacial score (nSPS) is 14.3. The first kappa shape index (κ1) is 16.3. The number of hydrogen-bond acceptors (Lipinski definition) is 2. The molecule has 0 fully saturated rings. The summed E-state index contributed by atoms with van der Waals surface area (Å²) in [5.74, 6) is 0. The number of dihydropyridines is 1. The second kappa shape index (κ2) is 6.80. The maximum absolute atomic E-state index is 5.98. The van der Waals surface area contributed by atoms with Crippen molar-refractivity contribution in [3.8, 4) is 0 Å². The van der Waals surface area contributed by atoms with Crippen LogP contribution in [0.5, 0.6) is 0 Å². The van der Waals surface area contributed by atoms with Crippen LogP contribution >= 0.6 is 0 Å². The van der Waals surface area contributed by atoms with Crippen LogP contribution in [0.1, 0.15) is 43.0 Å². The molecule has 1 aromatic rings. The first-order valence-electron chi connectivity index (χ1n) is 7.90. The Morgan fingerprint density at radius 3 is 2.27 bits per heavy atom. The Kier molecular flexibility index (Phi) is 5.04. The van der Waals surface area contributed by atoms with E-state index in [4.69, 9.17) is 5.73 Å². The number of nitrogens with two attached hydrogens (primary N) is 1. The highest BCUT2D eigenvalue weighted by molar-refractivity contribution is 5.75. The lowest BCUT2D eigenvalue weighted by molar-refractivity contribution is 0.988. The molecule has 3 N–H and O–H groups in total. The first-order valence-corrected chi connectivity index (χ1v) is 7.90. The number of benzene rings is 1. The van der Waals surface area contributed by atoms with Crippen molar-refractivity contribution in [3.63, 3.8) is 0 Å². The molecule has 1 heterocycles. The zero-order valence-corrected chi connectivity index (χ0v) is 13.9. The maximum atomic E-state index is 5.98. The zero-order chi connectivity index (χ0) is 16.3. The average Bonchev–Trinajstić information content (AvgIpc) is 2.52. The zero-order valence-electron chi connectivity index (χ0n) is 13.9. The summed E-state index contributed by atoms with van der Waals surface area (Å²) in [7, 11) is 0. The predicted molar refractivity (Wildman–Crippen MR) is 96.2 cm³/mol. The molecular formula is C20H26N2. The van der Waals surface area contributed by atoms with E-state index in [1.165, 1.54) is 22.3 Å². The smallest absolute Gasteiger partial charge is 0.0462 e. The summed E-state index contributed by atoms with van der Waals surface area (Å²) in [6, 6.07) is 4.52. The minimum atomic E-state index is 0.537. The standard InChI is InChI=1S/C20H26N2/c1-6-15-9-17(11-21)18(10-16(15)7-2)20-8-14(5)19(12-22-20)13(3)4/h8-10,12,22H,3,5-7,11,21H2,1-2,4H3. The largest absolute Gasteiger partial charge is 0.361 e. The fraction of sp³-hybridized carbons (Fsp3) is 0.300. The lowest BCUT2D eigenvalue weighted by atomic mass is 9.91. The summed E-state index contributed by atoms with van der Waals surface area (Å²) in [5.41, 5.74) is 15.2. The van der Waals surface area contributed by atoms with Crippen LogP contribution in [0.15, 0.2) is 54.3 Å². The molecule has 2 nitrogen and oxygen atoms in total. The summed E-state index contributed by atoms with van der Waals surface area (Å²) in [6.45, 7) is 15.1. The summed E-state index contributed by atoms with van der Waals surface area (Å²) in [5, 5.41) is 3.38. The van der Waals surface area contributed by atoms with Gasteiger partial charge in [0.25, 0.3) is 0 Å². The highest BCUT2D eigenvalue weighted by Gasteiger charge is 2.15. The minimum absolute atomic E-state index is 0.537. The summed E-state index contributed by atoms with van der Waals surface area (Å²) >= 11 is 0. The number of hydrogen-bond donors (Lipinski definition) is 2. The molecule has 2 rings (SSSR count). The van der Waals surface area contributed by atoms with Gasteiger partial charge >= 0.3 is 0 Å². The molecule has 1 aliphatic rings. The molecule has 0 saturated carbocycles. The SMILES string of the molecule is C=C(C)C1=CNC(c2cc(CC)c(CC)cc2CN)=CC1=C. The van der Waals surface area contributed by atoms with Crippen molar-refractivity contribution in [2.24, 2.45) is 5.73 Å². The van der Waals surface area contributed by atoms with Gasteiger partial charge in [-0.15, -0.1) is 0 Å². The molecule has 0 bridgehead atoms. The van der Waals surface area contributed by atoms with Crippen molar-refractivity contribution >= 4 is 5.70 Å². The van der Waals surface area contributed by atoms with Gasteiger partial charge in [-0.2, -0.15) is 0 Å². The number of aryl methyl sites for hydroxylation is 2. The average molecular weight is 294 g/mol. The van der Waals surface area contributed by atoms with E-state index in [2.05, 4.69) is 50.5 Å². The van der Waals surface area contributed by atoms with Crippen LogP contribution in [0.2, 0.25) is 0 Å². The summed E-state index contributed by atoms with van der Waals surface area (Å²) in [6.07, 6.45) is 6.14. The van der Waals surface area contributed by atoms with Gasteiger partial charge in [0.15, 0.2) is 0 Å². The highest BCUT2D eigenvalue weighted by atomic mass is 14.9. The molecule has 1 aromatic carbocycles. The van der Waals surface area contributed by atoms with Crippen molar-refractivity contribution in [1.82, 2.24) is 5.32 Å². The molecule has 1 aliphatic heterocycles. The van der Waals surface area contributed by atoms with Crippen molar-refractivity contribution in [2.45, 2.75) is 40.2 Å². The van der Waals surface area contributed by atoms with Crippen LogP contribution < -0.4 is 11.1 Å². The molecule has 2 heteroatoms. The first-order chi connectivity index (χ1) is 10.5. The van der Waals surface area contributed by atoms with E-state index in [0.717, 1.165) is 35.3 Å². The maximum Gasteiger partial charge on any atom is 0.0462 e. The van der Waals surface area contributed by atoms with Crippen molar-refractivity contribution in [2.75, 3.05) is 0 Å². The van der Waals surface area contributed by atoms with Gasteiger partial charge in [-0.25, -0.2) is 0 Å². The van der Waals surface area contributed by atoms with Crippen molar-refractivity contribution in [1.29, 1.82) is 0 Å². The quantitative estimate of drug-likeness (QED) is 0.853. The molecule has 0 amide bonds. The summed E-state index contributed by atoms with van der Waals surface area (Å²) < 4.78 is 0. The fourth-order valence-corrected chi connectivity index (χ4v) is 2.91. The Balaban J connectivity index is 2.47. The third-order valence-electron chi connectivity index (χ3n) is 4.19. The number of rotatable bonds is 5. The monoisotopic (exact) mass is 294 g/mol. The van der Waals surface area contributed by atoms with Crippen LogP contribution in [-0.2, 0) is 19.4 Å². The van der Waals surface area contributed by atoms with E-state index >= 15 is 0 Å². The molecule has 0 aromatic heterocycles. The van der Waals surface area contributed by atoms with Gasteiger partial charge in [0.05, 0.1) is 0 Å². The van der Waals surface area contributed by atoms with Crippen LogP contribution in [0.4, 0.5) is 0 Å². The van der Waals surface area contributed by atoms with Crippen molar-refractivity contribution in [3.05, 3.63) is 76.5 Å². The number of allylic oxidation sites excluding steroid dienone is 4. The highest BCUT2D eigenvalue weighted by Crippen LogP contribution is 2.29. The Labute approximate surface area is 134 Å². The van der Waals surface area contributed by atoms with Gasteiger partial charge in [0.1, 0.15) is 0 Å². The Bertz CT molecular complexity index is 675. The predicted octanol–water partition coefficient (Wildman–Crippen LogP) is 4.23. The molecule has 0 saturated heterocycles. The molecule has 0 unspecified atom stereocenters. The van der Waals surface area contributed by atoms with Gasteiger partial charge < -0.3 is 11.1 Å². The lowest BCUT2D eigenvalue weighted by Crippen LogP contribution is -2.15. The number of nitrogens with one attached hydrogen (secondary N) is 1. The molecule has 22 heavy (non-hydrogen) atoms. The fourth-order valence-electron chi connectivity index (χ4n) is 2.91. The van der Waals surface area contributed by atoms with E-state index in [9.17, 15) is 0 Å². The Morgan fingerprint density at radius 2 is 1.77 bits per heavy atom. The molecule has 0 atom stereocenters. The van der Waals surface area contributed by atoms with E-state index in [1.54, 1.807) is 0 Å². The van der Waals surface area contributed by atoms with Gasteiger partial charge in [0.2, 0.25) is 0 Å². The van der Waals surface area contributed by atoms with E-state index < -0.39 is 0 Å².